The van der Waals surface area contributed by atoms with Crippen molar-refractivity contribution in [3.63, 3.8) is 0 Å². The van der Waals surface area contributed by atoms with Crippen molar-refractivity contribution < 1.29 is 18.0 Å². The second-order valence-corrected chi connectivity index (χ2v) is 15.1. The van der Waals surface area contributed by atoms with Crippen LogP contribution in [0.2, 0.25) is 0 Å². The van der Waals surface area contributed by atoms with Gasteiger partial charge in [-0.15, -0.1) is 0 Å². The van der Waals surface area contributed by atoms with Gasteiger partial charge >= 0.3 is 6.18 Å². The highest BCUT2D eigenvalue weighted by atomic mass is 19.4. The molecule has 0 amide bonds. The van der Waals surface area contributed by atoms with E-state index < -0.39 is 11.7 Å². The smallest absolute Gasteiger partial charge is 0.299 e. The van der Waals surface area contributed by atoms with Crippen LogP contribution in [-0.2, 0) is 17.4 Å². The van der Waals surface area contributed by atoms with Crippen molar-refractivity contribution in [1.29, 1.82) is 0 Å². The predicted octanol–water partition coefficient (Wildman–Crippen LogP) is 10.2. The molecule has 0 aliphatic heterocycles. The summed E-state index contributed by atoms with van der Waals surface area (Å²) in [7, 11) is 0. The van der Waals surface area contributed by atoms with Gasteiger partial charge in [-0.1, -0.05) is 66.0 Å². The number of rotatable bonds is 7. The maximum Gasteiger partial charge on any atom is 0.416 e. The van der Waals surface area contributed by atoms with Gasteiger partial charge in [0.05, 0.1) is 5.56 Å². The number of benzene rings is 1. The van der Waals surface area contributed by atoms with Gasteiger partial charge in [-0.2, -0.15) is 13.2 Å². The van der Waals surface area contributed by atoms with E-state index in [1.165, 1.54) is 63.5 Å². The molecule has 0 saturated heterocycles. The van der Waals surface area contributed by atoms with Crippen molar-refractivity contribution in [2.75, 3.05) is 0 Å². The van der Waals surface area contributed by atoms with Crippen LogP contribution in [0.15, 0.2) is 24.3 Å². The molecule has 0 aromatic heterocycles. The number of carbonyl (C=O) groups excluding carboxylic acids is 1. The first-order valence-corrected chi connectivity index (χ1v) is 16.0. The molecule has 4 aliphatic carbocycles. The first-order valence-electron chi connectivity index (χ1n) is 16.0. The van der Waals surface area contributed by atoms with E-state index in [-0.39, 0.29) is 11.3 Å². The molecule has 0 heterocycles. The van der Waals surface area contributed by atoms with Gasteiger partial charge in [0.15, 0.2) is 0 Å². The second kappa shape index (κ2) is 10.8. The monoisotopic (exact) mass is 544 g/mol. The average molecular weight is 545 g/mol. The zero-order chi connectivity index (χ0) is 28.2. The molecule has 0 spiro atoms. The third-order valence-corrected chi connectivity index (χ3v) is 12.7. The Morgan fingerprint density at radius 1 is 0.846 bits per heavy atom. The topological polar surface area (TPSA) is 17.1 Å². The summed E-state index contributed by atoms with van der Waals surface area (Å²) >= 11 is 0. The van der Waals surface area contributed by atoms with Gasteiger partial charge < -0.3 is 0 Å². The fourth-order valence-electron chi connectivity index (χ4n) is 10.7. The van der Waals surface area contributed by atoms with E-state index in [1.54, 1.807) is 12.1 Å². The number of carbonyl (C=O) groups is 1. The Morgan fingerprint density at radius 2 is 1.51 bits per heavy atom. The minimum atomic E-state index is -4.32. The van der Waals surface area contributed by atoms with Crippen LogP contribution in [0.25, 0.3) is 0 Å². The van der Waals surface area contributed by atoms with Gasteiger partial charge in [0.25, 0.3) is 0 Å². The third-order valence-electron chi connectivity index (χ3n) is 12.7. The Balaban J connectivity index is 1.30. The maximum atomic E-state index is 13.3. The molecule has 2 unspecified atom stereocenters. The van der Waals surface area contributed by atoms with Crippen molar-refractivity contribution in [1.82, 2.24) is 0 Å². The van der Waals surface area contributed by atoms with Crippen LogP contribution >= 0.6 is 0 Å². The van der Waals surface area contributed by atoms with Gasteiger partial charge in [-0.25, -0.2) is 0 Å². The molecule has 0 bridgehead atoms. The van der Waals surface area contributed by atoms with Crippen molar-refractivity contribution in [3.05, 3.63) is 35.4 Å². The second-order valence-electron chi connectivity index (χ2n) is 15.1. The summed E-state index contributed by atoms with van der Waals surface area (Å²) in [5.74, 6) is 5.38. The lowest BCUT2D eigenvalue weighted by Gasteiger charge is -2.62. The lowest BCUT2D eigenvalue weighted by Crippen LogP contribution is -2.56. The molecule has 4 saturated carbocycles. The summed E-state index contributed by atoms with van der Waals surface area (Å²) in [5.41, 5.74) is 0.900. The Kier molecular flexibility index (Phi) is 8.10. The molecular formula is C35H51F3O. The SMILES string of the molecule is CC(C)CCC[C@@H](C)[C@H]1CC[C@H]2[C@@H]3CCC4C(Cc5ccc(C(F)(F)F)cc5)C(=O)CC[C@]4(C)[C@H]3CC[C@]12C. The molecule has 1 nitrogen and oxygen atoms in total. The standard InChI is InChI=1S/C35H51F3O/c1-22(2)7-6-8-23(3)28-15-16-29-26-13-14-30-27(21-24-9-11-25(12-10-24)35(36,37)38)32(39)18-20-34(30,5)31(26)17-19-33(28,29)4/h9-12,22-23,26-31H,6-8,13-21H2,1-5H3/t23-,26+,27?,28-,29+,30?,31+,33-,34+/m1/s1. The van der Waals surface area contributed by atoms with Gasteiger partial charge in [0.2, 0.25) is 0 Å². The summed E-state index contributed by atoms with van der Waals surface area (Å²) in [5, 5.41) is 0. The Hall–Kier alpha value is -1.32. The largest absolute Gasteiger partial charge is 0.416 e. The number of ketones is 1. The summed E-state index contributed by atoms with van der Waals surface area (Å²) < 4.78 is 39.3. The lowest BCUT2D eigenvalue weighted by atomic mass is 9.43. The Bertz CT molecular complexity index is 1010. The number of halogens is 3. The number of Topliss-reactive ketones (excluding diaryl/α,β-unsaturated/α-hetero) is 1. The summed E-state index contributed by atoms with van der Waals surface area (Å²) in [4.78, 5) is 13.3. The van der Waals surface area contributed by atoms with E-state index in [0.29, 0.717) is 35.9 Å². The van der Waals surface area contributed by atoms with Crippen LogP contribution < -0.4 is 0 Å². The normalized spacial score (nSPS) is 39.3. The van der Waals surface area contributed by atoms with E-state index in [2.05, 4.69) is 34.6 Å². The first-order chi connectivity index (χ1) is 18.3. The number of fused-ring (bicyclic) bond motifs is 5. The molecule has 4 fully saturated rings. The van der Waals surface area contributed by atoms with Crippen LogP contribution in [0.5, 0.6) is 0 Å². The number of hydrogen-bond acceptors (Lipinski definition) is 1. The Labute approximate surface area is 235 Å². The van der Waals surface area contributed by atoms with Crippen molar-refractivity contribution in [2.45, 2.75) is 118 Å². The van der Waals surface area contributed by atoms with Crippen molar-refractivity contribution in [3.8, 4) is 0 Å². The molecule has 1 aromatic rings. The zero-order valence-electron chi connectivity index (χ0n) is 25.0. The molecule has 1 aromatic carbocycles. The molecular weight excluding hydrogens is 493 g/mol. The third kappa shape index (κ3) is 5.36. The van der Waals surface area contributed by atoms with Gasteiger partial charge in [0.1, 0.15) is 5.78 Å². The van der Waals surface area contributed by atoms with Crippen molar-refractivity contribution >= 4 is 5.78 Å². The molecule has 39 heavy (non-hydrogen) atoms. The molecule has 0 radical (unpaired) electrons. The molecule has 0 N–H and O–H groups in total. The van der Waals surface area contributed by atoms with Crippen LogP contribution in [0.1, 0.15) is 116 Å². The van der Waals surface area contributed by atoms with E-state index >= 15 is 0 Å². The van der Waals surface area contributed by atoms with E-state index in [1.807, 2.05) is 0 Å². The van der Waals surface area contributed by atoms with E-state index in [9.17, 15) is 18.0 Å². The number of hydrogen-bond donors (Lipinski definition) is 0. The minimum Gasteiger partial charge on any atom is -0.299 e. The van der Waals surface area contributed by atoms with Crippen LogP contribution in [0.3, 0.4) is 0 Å². The fourth-order valence-corrected chi connectivity index (χ4v) is 10.7. The summed E-state index contributed by atoms with van der Waals surface area (Å²) in [6.45, 7) is 12.3. The minimum absolute atomic E-state index is 0.0490. The highest BCUT2D eigenvalue weighted by Crippen LogP contribution is 2.68. The van der Waals surface area contributed by atoms with Gasteiger partial charge in [-0.3, -0.25) is 4.79 Å². The highest BCUT2D eigenvalue weighted by molar-refractivity contribution is 5.82. The highest BCUT2D eigenvalue weighted by Gasteiger charge is 2.61. The molecule has 9 atom stereocenters. The molecule has 4 heteroatoms. The van der Waals surface area contributed by atoms with E-state index in [0.717, 1.165) is 48.0 Å². The fraction of sp³-hybridized carbons (Fsp3) is 0.800. The number of alkyl halides is 3. The van der Waals surface area contributed by atoms with Gasteiger partial charge in [0, 0.05) is 12.3 Å². The predicted molar refractivity (Wildman–Crippen MR) is 152 cm³/mol. The Morgan fingerprint density at radius 3 is 2.18 bits per heavy atom. The first kappa shape index (κ1) is 29.2. The van der Waals surface area contributed by atoms with Crippen LogP contribution in [0, 0.1) is 58.2 Å². The summed E-state index contributed by atoms with van der Waals surface area (Å²) in [6.07, 6.45) is 9.71. The molecule has 5 rings (SSSR count). The van der Waals surface area contributed by atoms with E-state index in [4.69, 9.17) is 0 Å². The molecule has 4 aliphatic rings. The van der Waals surface area contributed by atoms with Crippen LogP contribution in [-0.4, -0.2) is 5.78 Å². The molecule has 218 valence electrons. The summed E-state index contributed by atoms with van der Waals surface area (Å²) in [6, 6.07) is 5.56. The lowest BCUT2D eigenvalue weighted by molar-refractivity contribution is -0.152. The van der Waals surface area contributed by atoms with Crippen LogP contribution in [0.4, 0.5) is 13.2 Å². The maximum absolute atomic E-state index is 13.3. The quantitative estimate of drug-likeness (QED) is 0.334. The zero-order valence-corrected chi connectivity index (χ0v) is 25.0. The van der Waals surface area contributed by atoms with Crippen molar-refractivity contribution in [2.24, 2.45) is 58.2 Å². The average Bonchev–Trinajstić information content (AvgIpc) is 3.23. The van der Waals surface area contributed by atoms with Gasteiger partial charge in [-0.05, 0) is 121 Å².